The van der Waals surface area contributed by atoms with Gasteiger partial charge in [0.15, 0.2) is 0 Å². The highest BCUT2D eigenvalue weighted by Gasteiger charge is 1.96. The summed E-state index contributed by atoms with van der Waals surface area (Å²) in [5, 5.41) is 3.13. The second-order valence-electron chi connectivity index (χ2n) is 3.37. The van der Waals surface area contributed by atoms with Crippen molar-refractivity contribution in [3.05, 3.63) is 0 Å². The molecule has 0 fully saturated rings. The van der Waals surface area contributed by atoms with Crippen LogP contribution < -0.4 is 5.32 Å². The fourth-order valence-electron chi connectivity index (χ4n) is 1.10. The van der Waals surface area contributed by atoms with Crippen LogP contribution in [0.5, 0.6) is 0 Å². The Morgan fingerprint density at radius 3 is 2.57 bits per heavy atom. The van der Waals surface area contributed by atoms with Crippen LogP contribution in [0, 0.1) is 0 Å². The molecule has 0 saturated carbocycles. The van der Waals surface area contributed by atoms with E-state index in [1.165, 1.54) is 0 Å². The number of nitrogens with zero attached hydrogens (tertiary/aromatic N) is 1. The monoisotopic (exact) mass is 204 g/mol. The molecule has 0 aliphatic carbocycles. The summed E-state index contributed by atoms with van der Waals surface area (Å²) in [5.74, 6) is 0. The largest absolute Gasteiger partial charge is 0.382 e. The minimum atomic E-state index is 0.690. The van der Waals surface area contributed by atoms with Crippen LogP contribution in [0.15, 0.2) is 0 Å². The van der Waals surface area contributed by atoms with Gasteiger partial charge in [0.1, 0.15) is 0 Å². The van der Waals surface area contributed by atoms with Crippen LogP contribution in [0.1, 0.15) is 6.42 Å². The van der Waals surface area contributed by atoms with E-state index >= 15 is 0 Å². The highest BCUT2D eigenvalue weighted by Crippen LogP contribution is 1.88. The molecule has 0 aromatic heterocycles. The molecule has 0 bridgehead atoms. The standard InChI is InChI=1S/C10H24N2O2/c1-11-5-7-12(2)6-4-8-14-10-9-13-3/h11H,4-10H2,1-3H3. The third-order valence-electron chi connectivity index (χ3n) is 2.00. The van der Waals surface area contributed by atoms with Crippen molar-refractivity contribution in [2.45, 2.75) is 6.42 Å². The number of likely N-dealkylation sites (N-methyl/N-ethyl adjacent to an activating group) is 2. The van der Waals surface area contributed by atoms with Crippen LogP contribution in [-0.4, -0.2) is 65.6 Å². The van der Waals surface area contributed by atoms with E-state index in [1.807, 2.05) is 7.05 Å². The fraction of sp³-hybridized carbons (Fsp3) is 1.00. The molecule has 0 atom stereocenters. The average molecular weight is 204 g/mol. The molecule has 86 valence electrons. The Morgan fingerprint density at radius 1 is 1.14 bits per heavy atom. The fourth-order valence-corrected chi connectivity index (χ4v) is 1.10. The van der Waals surface area contributed by atoms with Gasteiger partial charge in [-0.05, 0) is 20.5 Å². The van der Waals surface area contributed by atoms with E-state index in [0.717, 1.165) is 32.7 Å². The van der Waals surface area contributed by atoms with E-state index in [-0.39, 0.29) is 0 Å². The third-order valence-corrected chi connectivity index (χ3v) is 2.00. The first kappa shape index (κ1) is 13.8. The molecule has 0 rings (SSSR count). The maximum absolute atomic E-state index is 5.36. The summed E-state index contributed by atoms with van der Waals surface area (Å²) >= 11 is 0. The van der Waals surface area contributed by atoms with Crippen molar-refractivity contribution in [1.82, 2.24) is 10.2 Å². The van der Waals surface area contributed by atoms with Gasteiger partial charge in [0.2, 0.25) is 0 Å². The van der Waals surface area contributed by atoms with Crippen LogP contribution >= 0.6 is 0 Å². The van der Waals surface area contributed by atoms with Gasteiger partial charge in [-0.3, -0.25) is 0 Å². The SMILES string of the molecule is CNCCN(C)CCCOCCOC. The van der Waals surface area contributed by atoms with E-state index in [4.69, 9.17) is 9.47 Å². The van der Waals surface area contributed by atoms with E-state index in [9.17, 15) is 0 Å². The number of ether oxygens (including phenoxy) is 2. The highest BCUT2D eigenvalue weighted by atomic mass is 16.5. The molecule has 0 aromatic carbocycles. The van der Waals surface area contributed by atoms with Crippen molar-refractivity contribution >= 4 is 0 Å². The van der Waals surface area contributed by atoms with E-state index < -0.39 is 0 Å². The molecule has 14 heavy (non-hydrogen) atoms. The van der Waals surface area contributed by atoms with E-state index in [0.29, 0.717) is 13.2 Å². The molecule has 0 aliphatic heterocycles. The van der Waals surface area contributed by atoms with Gasteiger partial charge in [0, 0.05) is 33.4 Å². The lowest BCUT2D eigenvalue weighted by atomic mass is 10.4. The first-order chi connectivity index (χ1) is 6.81. The second-order valence-corrected chi connectivity index (χ2v) is 3.37. The van der Waals surface area contributed by atoms with Crippen LogP contribution in [0.2, 0.25) is 0 Å². The topological polar surface area (TPSA) is 33.7 Å². The van der Waals surface area contributed by atoms with Gasteiger partial charge in [-0.2, -0.15) is 0 Å². The molecule has 0 unspecified atom stereocenters. The maximum atomic E-state index is 5.36. The molecule has 0 radical (unpaired) electrons. The Morgan fingerprint density at radius 2 is 1.93 bits per heavy atom. The minimum absolute atomic E-state index is 0.690. The van der Waals surface area contributed by atoms with Gasteiger partial charge in [-0.1, -0.05) is 0 Å². The Bertz CT molecular complexity index is 112. The zero-order valence-electron chi connectivity index (χ0n) is 9.71. The van der Waals surface area contributed by atoms with E-state index in [2.05, 4.69) is 17.3 Å². The lowest BCUT2D eigenvalue weighted by molar-refractivity contribution is 0.0663. The van der Waals surface area contributed by atoms with Crippen LogP contribution in [0.25, 0.3) is 0 Å². The lowest BCUT2D eigenvalue weighted by Gasteiger charge is -2.15. The second kappa shape index (κ2) is 10.9. The molecule has 0 aliphatic rings. The zero-order chi connectivity index (χ0) is 10.6. The molecule has 0 heterocycles. The molecule has 4 nitrogen and oxygen atoms in total. The van der Waals surface area contributed by atoms with E-state index in [1.54, 1.807) is 7.11 Å². The van der Waals surface area contributed by atoms with Crippen molar-refractivity contribution in [2.75, 3.05) is 60.7 Å². The first-order valence-electron chi connectivity index (χ1n) is 5.21. The normalized spacial score (nSPS) is 11.1. The van der Waals surface area contributed by atoms with Crippen LogP contribution in [0.3, 0.4) is 0 Å². The van der Waals surface area contributed by atoms with Gasteiger partial charge in [0.25, 0.3) is 0 Å². The molecular formula is C10H24N2O2. The lowest BCUT2D eigenvalue weighted by Crippen LogP contribution is -2.28. The summed E-state index contributed by atoms with van der Waals surface area (Å²) < 4.78 is 10.2. The Kier molecular flexibility index (Phi) is 10.8. The predicted molar refractivity (Wildman–Crippen MR) is 58.7 cm³/mol. The van der Waals surface area contributed by atoms with Crippen molar-refractivity contribution in [2.24, 2.45) is 0 Å². The summed E-state index contributed by atoms with van der Waals surface area (Å²) in [6.07, 6.45) is 1.09. The quantitative estimate of drug-likeness (QED) is 0.515. The molecule has 0 amide bonds. The van der Waals surface area contributed by atoms with Gasteiger partial charge in [-0.25, -0.2) is 0 Å². The summed E-state index contributed by atoms with van der Waals surface area (Å²) in [6.45, 7) is 5.45. The molecule has 4 heteroatoms. The molecule has 0 spiro atoms. The number of methoxy groups -OCH3 is 1. The maximum Gasteiger partial charge on any atom is 0.0700 e. The summed E-state index contributed by atoms with van der Waals surface area (Å²) in [4.78, 5) is 2.30. The molecular weight excluding hydrogens is 180 g/mol. The smallest absolute Gasteiger partial charge is 0.0700 e. The minimum Gasteiger partial charge on any atom is -0.382 e. The molecule has 0 saturated heterocycles. The Labute approximate surface area is 87.6 Å². The average Bonchev–Trinajstić information content (AvgIpc) is 2.20. The van der Waals surface area contributed by atoms with Gasteiger partial charge < -0.3 is 19.7 Å². The summed E-state index contributed by atoms with van der Waals surface area (Å²) in [7, 11) is 5.79. The highest BCUT2D eigenvalue weighted by molar-refractivity contribution is 4.52. The number of hydrogen-bond donors (Lipinski definition) is 1. The van der Waals surface area contributed by atoms with Gasteiger partial charge in [0.05, 0.1) is 13.2 Å². The molecule has 1 N–H and O–H groups in total. The third kappa shape index (κ3) is 9.92. The number of rotatable bonds is 10. The van der Waals surface area contributed by atoms with Gasteiger partial charge >= 0.3 is 0 Å². The summed E-state index contributed by atoms with van der Waals surface area (Å²) in [6, 6.07) is 0. The van der Waals surface area contributed by atoms with Crippen molar-refractivity contribution in [1.29, 1.82) is 0 Å². The first-order valence-corrected chi connectivity index (χ1v) is 5.21. The van der Waals surface area contributed by atoms with Crippen molar-refractivity contribution in [3.63, 3.8) is 0 Å². The van der Waals surface area contributed by atoms with Gasteiger partial charge in [-0.15, -0.1) is 0 Å². The number of nitrogens with one attached hydrogen (secondary N) is 1. The van der Waals surface area contributed by atoms with Crippen LogP contribution in [-0.2, 0) is 9.47 Å². The Balaban J connectivity index is 3.02. The van der Waals surface area contributed by atoms with Crippen LogP contribution in [0.4, 0.5) is 0 Å². The molecule has 0 aromatic rings. The number of hydrogen-bond acceptors (Lipinski definition) is 4. The Hall–Kier alpha value is -0.160. The van der Waals surface area contributed by atoms with Crippen molar-refractivity contribution in [3.8, 4) is 0 Å². The zero-order valence-corrected chi connectivity index (χ0v) is 9.71. The van der Waals surface area contributed by atoms with Crippen molar-refractivity contribution < 1.29 is 9.47 Å². The predicted octanol–water partition coefficient (Wildman–Crippen LogP) is 0.191. The summed E-state index contributed by atoms with van der Waals surface area (Å²) in [5.41, 5.74) is 0.